The van der Waals surface area contributed by atoms with Gasteiger partial charge in [-0.3, -0.25) is 9.59 Å². The molecule has 72 heavy (non-hydrogen) atoms. The van der Waals surface area contributed by atoms with Crippen LogP contribution in [0, 0.1) is 0 Å². The van der Waals surface area contributed by atoms with Crippen LogP contribution < -0.4 is 5.32 Å². The van der Waals surface area contributed by atoms with Crippen LogP contribution in [0.3, 0.4) is 0 Å². The number of nitrogens with one attached hydrogen (secondary N) is 1. The topological polar surface area (TPSA) is 95.9 Å². The number of ether oxygens (including phenoxy) is 1. The quantitative estimate of drug-likeness (QED) is 0.0320. The number of esters is 1. The smallest absolute Gasteiger partial charge is 0.305 e. The largest absolute Gasteiger partial charge is 0.466 e. The Balaban J connectivity index is 3.34. The maximum absolute atomic E-state index is 12.5. The van der Waals surface area contributed by atoms with Gasteiger partial charge in [0.1, 0.15) is 0 Å². The van der Waals surface area contributed by atoms with Crippen molar-refractivity contribution < 1.29 is 24.5 Å². The van der Waals surface area contributed by atoms with Gasteiger partial charge in [0.2, 0.25) is 5.91 Å². The molecular weight excluding hydrogens is 887 g/mol. The van der Waals surface area contributed by atoms with Gasteiger partial charge >= 0.3 is 5.97 Å². The average Bonchev–Trinajstić information content (AvgIpc) is 3.38. The van der Waals surface area contributed by atoms with Crippen LogP contribution >= 0.6 is 0 Å². The second-order valence-electron chi connectivity index (χ2n) is 22.5. The zero-order valence-corrected chi connectivity index (χ0v) is 48.7. The molecule has 0 aromatic rings. The molecule has 0 aromatic carbocycles. The van der Waals surface area contributed by atoms with Gasteiger partial charge in [-0.1, -0.05) is 314 Å². The summed E-state index contributed by atoms with van der Waals surface area (Å²) in [6, 6.07) is -0.539. The van der Waals surface area contributed by atoms with E-state index >= 15 is 0 Å². The van der Waals surface area contributed by atoms with Crippen molar-refractivity contribution in [3.8, 4) is 0 Å². The molecule has 0 aromatic heterocycles. The van der Waals surface area contributed by atoms with Crippen LogP contribution in [-0.4, -0.2) is 47.4 Å². The molecule has 6 heteroatoms. The molecular formula is C66H127NO5. The fourth-order valence-electron chi connectivity index (χ4n) is 10.3. The van der Waals surface area contributed by atoms with E-state index in [4.69, 9.17) is 4.74 Å². The number of carbonyl (C=O) groups excluding carboxylic acids is 2. The Morgan fingerprint density at radius 2 is 0.694 bits per heavy atom. The van der Waals surface area contributed by atoms with Crippen molar-refractivity contribution in [2.45, 2.75) is 373 Å². The van der Waals surface area contributed by atoms with Gasteiger partial charge in [-0.2, -0.15) is 0 Å². The fourth-order valence-corrected chi connectivity index (χ4v) is 10.3. The maximum Gasteiger partial charge on any atom is 0.305 e. The minimum atomic E-state index is -0.662. The number of carbonyl (C=O) groups is 2. The molecule has 0 aliphatic carbocycles. The third-order valence-electron chi connectivity index (χ3n) is 15.3. The highest BCUT2D eigenvalue weighted by Crippen LogP contribution is 2.18. The van der Waals surface area contributed by atoms with E-state index in [0.717, 1.165) is 51.4 Å². The Bertz CT molecular complexity index is 1120. The summed E-state index contributed by atoms with van der Waals surface area (Å²) >= 11 is 0. The number of hydrogen-bond donors (Lipinski definition) is 3. The summed E-state index contributed by atoms with van der Waals surface area (Å²) in [5.74, 6) is -0.0207. The molecule has 0 rings (SSSR count). The normalized spacial score (nSPS) is 12.7. The zero-order valence-electron chi connectivity index (χ0n) is 48.7. The molecule has 0 aliphatic heterocycles. The van der Waals surface area contributed by atoms with E-state index in [1.807, 2.05) is 0 Å². The highest BCUT2D eigenvalue weighted by molar-refractivity contribution is 5.76. The van der Waals surface area contributed by atoms with Crippen LogP contribution in [0.15, 0.2) is 24.3 Å². The van der Waals surface area contributed by atoms with Gasteiger partial charge in [0.05, 0.1) is 25.4 Å². The van der Waals surface area contributed by atoms with Crippen LogP contribution in [0.5, 0.6) is 0 Å². The first kappa shape index (κ1) is 70.3. The van der Waals surface area contributed by atoms with Crippen molar-refractivity contribution in [1.29, 1.82) is 0 Å². The molecule has 0 saturated carbocycles. The van der Waals surface area contributed by atoms with E-state index in [0.29, 0.717) is 25.9 Å². The lowest BCUT2D eigenvalue weighted by Gasteiger charge is -2.22. The number of hydrogen-bond acceptors (Lipinski definition) is 5. The first-order valence-corrected chi connectivity index (χ1v) is 32.6. The molecule has 2 atom stereocenters. The van der Waals surface area contributed by atoms with Crippen molar-refractivity contribution in [3.63, 3.8) is 0 Å². The summed E-state index contributed by atoms with van der Waals surface area (Å²) in [7, 11) is 0. The van der Waals surface area contributed by atoms with Crippen LogP contribution in [0.4, 0.5) is 0 Å². The average molecular weight is 1010 g/mol. The van der Waals surface area contributed by atoms with Crippen molar-refractivity contribution in [1.82, 2.24) is 5.32 Å². The van der Waals surface area contributed by atoms with Gasteiger partial charge < -0.3 is 20.3 Å². The van der Waals surface area contributed by atoms with E-state index < -0.39 is 12.1 Å². The Morgan fingerprint density at radius 1 is 0.389 bits per heavy atom. The van der Waals surface area contributed by atoms with Crippen molar-refractivity contribution in [2.24, 2.45) is 0 Å². The monoisotopic (exact) mass is 1010 g/mol. The van der Waals surface area contributed by atoms with E-state index in [-0.39, 0.29) is 18.5 Å². The number of unbranched alkanes of at least 4 members (excludes halogenated alkanes) is 46. The fraction of sp³-hybridized carbons (Fsp3) is 0.909. The lowest BCUT2D eigenvalue weighted by atomic mass is 10.0. The lowest BCUT2D eigenvalue weighted by molar-refractivity contribution is -0.143. The molecule has 0 spiro atoms. The number of amides is 1. The minimum absolute atomic E-state index is 0.0122. The summed E-state index contributed by atoms with van der Waals surface area (Å²) in [5, 5.41) is 23.2. The molecule has 2 unspecified atom stereocenters. The molecule has 3 N–H and O–H groups in total. The van der Waals surface area contributed by atoms with Crippen LogP contribution in [0.2, 0.25) is 0 Å². The second kappa shape index (κ2) is 61.9. The van der Waals surface area contributed by atoms with Crippen molar-refractivity contribution in [3.05, 3.63) is 24.3 Å². The Kier molecular flexibility index (Phi) is 60.5. The highest BCUT2D eigenvalue weighted by Gasteiger charge is 2.20. The van der Waals surface area contributed by atoms with Gasteiger partial charge in [0, 0.05) is 12.8 Å². The highest BCUT2D eigenvalue weighted by atomic mass is 16.5. The number of rotatable bonds is 61. The first-order chi connectivity index (χ1) is 35.5. The number of aliphatic hydroxyl groups excluding tert-OH is 2. The lowest BCUT2D eigenvalue weighted by Crippen LogP contribution is -2.45. The van der Waals surface area contributed by atoms with E-state index in [9.17, 15) is 19.8 Å². The summed E-state index contributed by atoms with van der Waals surface area (Å²) in [6.45, 7) is 4.94. The standard InChI is InChI=1S/C66H127NO5/c1-3-5-7-9-11-13-15-17-18-19-26-30-33-36-40-44-48-52-56-60-66(71)72-61-57-53-49-45-41-37-34-31-28-25-23-21-20-22-24-27-29-32-35-39-43-47-51-55-59-65(70)67-63(62-68)64(69)58-54-50-46-42-38-16-14-12-10-8-6-4-2/h11,13,17-18,63-64,68-69H,3-10,12,14-16,19-62H2,1-2H3,(H,67,70)/b13-11-,18-17-. The summed E-state index contributed by atoms with van der Waals surface area (Å²) in [6.07, 6.45) is 76.3. The summed E-state index contributed by atoms with van der Waals surface area (Å²) in [5.41, 5.74) is 0. The van der Waals surface area contributed by atoms with Gasteiger partial charge in [-0.05, 0) is 57.8 Å². The third kappa shape index (κ3) is 57.6. The zero-order chi connectivity index (χ0) is 52.2. The maximum atomic E-state index is 12.5. The molecule has 426 valence electrons. The van der Waals surface area contributed by atoms with E-state index in [1.165, 1.54) is 276 Å². The predicted molar refractivity (Wildman–Crippen MR) is 315 cm³/mol. The number of allylic oxidation sites excluding steroid dienone is 4. The predicted octanol–water partition coefficient (Wildman–Crippen LogP) is 20.6. The first-order valence-electron chi connectivity index (χ1n) is 32.6. The summed E-state index contributed by atoms with van der Waals surface area (Å²) in [4.78, 5) is 24.6. The molecule has 0 radical (unpaired) electrons. The molecule has 0 bridgehead atoms. The van der Waals surface area contributed by atoms with Gasteiger partial charge in [0.15, 0.2) is 0 Å². The Morgan fingerprint density at radius 3 is 1.08 bits per heavy atom. The molecule has 0 fully saturated rings. The van der Waals surface area contributed by atoms with Crippen molar-refractivity contribution >= 4 is 11.9 Å². The minimum Gasteiger partial charge on any atom is -0.466 e. The molecule has 6 nitrogen and oxygen atoms in total. The van der Waals surface area contributed by atoms with E-state index in [1.54, 1.807) is 0 Å². The summed E-state index contributed by atoms with van der Waals surface area (Å²) < 4.78 is 5.50. The van der Waals surface area contributed by atoms with Crippen LogP contribution in [0.25, 0.3) is 0 Å². The van der Waals surface area contributed by atoms with Crippen LogP contribution in [-0.2, 0) is 14.3 Å². The van der Waals surface area contributed by atoms with Gasteiger partial charge in [-0.15, -0.1) is 0 Å². The van der Waals surface area contributed by atoms with Crippen LogP contribution in [0.1, 0.15) is 361 Å². The van der Waals surface area contributed by atoms with E-state index in [2.05, 4.69) is 43.5 Å². The van der Waals surface area contributed by atoms with Gasteiger partial charge in [0.25, 0.3) is 0 Å². The SMILES string of the molecule is CCCCC/C=C\C/C=C\CCCCCCCCCCCC(=O)OCCCCCCCCCCCCCCCCCCCCCCCCCCC(=O)NC(CO)C(O)CCCCCCCCCCCCCC. The third-order valence-corrected chi connectivity index (χ3v) is 15.3. The molecule has 0 aliphatic rings. The molecule has 0 heterocycles. The molecule has 0 saturated heterocycles. The van der Waals surface area contributed by atoms with Gasteiger partial charge in [-0.25, -0.2) is 0 Å². The van der Waals surface area contributed by atoms with Crippen molar-refractivity contribution in [2.75, 3.05) is 13.2 Å². The second-order valence-corrected chi connectivity index (χ2v) is 22.5. The Labute approximate surface area is 450 Å². The Hall–Kier alpha value is -1.66. The number of aliphatic hydroxyl groups is 2. The molecule has 1 amide bonds.